The lowest BCUT2D eigenvalue weighted by Crippen LogP contribution is -2.32. The van der Waals surface area contributed by atoms with Crippen LogP contribution >= 0.6 is 0 Å². The first kappa shape index (κ1) is 10.5. The van der Waals surface area contributed by atoms with E-state index in [1.54, 1.807) is 0 Å². The molecule has 0 amide bonds. The minimum Gasteiger partial charge on any atom is -0.480 e. The van der Waals surface area contributed by atoms with E-state index in [2.05, 4.69) is 4.98 Å². The van der Waals surface area contributed by atoms with E-state index in [0.29, 0.717) is 0 Å². The minimum absolute atomic E-state index is 0.0838. The number of carbonyl (C=O) groups is 1. The molecule has 14 heavy (non-hydrogen) atoms. The van der Waals surface area contributed by atoms with Gasteiger partial charge in [0, 0.05) is 6.20 Å². The SMILES string of the molecule is N[C@H](Cc1cnc(F)c(F)c1)C(=O)O. The normalized spacial score (nSPS) is 12.5. The van der Waals surface area contributed by atoms with Crippen molar-refractivity contribution in [3.8, 4) is 0 Å². The number of rotatable bonds is 3. The molecule has 3 N–H and O–H groups in total. The molecule has 0 saturated heterocycles. The van der Waals surface area contributed by atoms with Gasteiger partial charge >= 0.3 is 5.97 Å². The van der Waals surface area contributed by atoms with Gasteiger partial charge in [-0.2, -0.15) is 4.39 Å². The lowest BCUT2D eigenvalue weighted by molar-refractivity contribution is -0.138. The van der Waals surface area contributed by atoms with Gasteiger partial charge in [0.25, 0.3) is 0 Å². The molecule has 0 fully saturated rings. The second-order valence-corrected chi connectivity index (χ2v) is 2.77. The van der Waals surface area contributed by atoms with Crippen molar-refractivity contribution in [3.05, 3.63) is 29.6 Å². The number of aliphatic carboxylic acids is 1. The van der Waals surface area contributed by atoms with Gasteiger partial charge in [-0.05, 0) is 18.1 Å². The molecule has 4 nitrogen and oxygen atoms in total. The Balaban J connectivity index is 2.78. The van der Waals surface area contributed by atoms with Crippen molar-refractivity contribution in [1.82, 2.24) is 4.98 Å². The lowest BCUT2D eigenvalue weighted by Gasteiger charge is -2.05. The number of carboxylic acid groups (broad SMARTS) is 1. The van der Waals surface area contributed by atoms with Crippen LogP contribution in [0.15, 0.2) is 12.3 Å². The molecule has 0 saturated carbocycles. The molecule has 76 valence electrons. The second-order valence-electron chi connectivity index (χ2n) is 2.77. The Hall–Kier alpha value is -1.56. The van der Waals surface area contributed by atoms with Crippen LogP contribution in [-0.4, -0.2) is 22.1 Å². The van der Waals surface area contributed by atoms with Crippen molar-refractivity contribution >= 4 is 5.97 Å². The molecule has 0 radical (unpaired) electrons. The van der Waals surface area contributed by atoms with Crippen LogP contribution in [0.25, 0.3) is 0 Å². The van der Waals surface area contributed by atoms with Gasteiger partial charge < -0.3 is 10.8 Å². The van der Waals surface area contributed by atoms with Gasteiger partial charge in [0.15, 0.2) is 5.82 Å². The Kier molecular flexibility index (Phi) is 3.08. The molecule has 6 heteroatoms. The van der Waals surface area contributed by atoms with Crippen LogP contribution in [0.2, 0.25) is 0 Å². The highest BCUT2D eigenvalue weighted by atomic mass is 19.2. The van der Waals surface area contributed by atoms with Crippen LogP contribution in [0.3, 0.4) is 0 Å². The van der Waals surface area contributed by atoms with E-state index < -0.39 is 23.8 Å². The molecule has 1 aromatic rings. The van der Waals surface area contributed by atoms with Crippen molar-refractivity contribution in [1.29, 1.82) is 0 Å². The van der Waals surface area contributed by atoms with Crippen LogP contribution in [0.5, 0.6) is 0 Å². The van der Waals surface area contributed by atoms with Crippen LogP contribution in [0.4, 0.5) is 8.78 Å². The quantitative estimate of drug-likeness (QED) is 0.692. The van der Waals surface area contributed by atoms with E-state index in [4.69, 9.17) is 10.8 Å². The fourth-order valence-corrected chi connectivity index (χ4v) is 0.914. The van der Waals surface area contributed by atoms with Gasteiger partial charge in [0.1, 0.15) is 6.04 Å². The molecular weight excluding hydrogens is 194 g/mol. The standard InChI is InChI=1S/C8H8F2N2O2/c9-5-1-4(3-12-7(5)10)2-6(11)8(13)14/h1,3,6H,2,11H2,(H,13,14)/t6-/m1/s1. The number of nitrogens with two attached hydrogens (primary N) is 1. The number of halogens is 2. The predicted molar refractivity (Wildman–Crippen MR) is 43.5 cm³/mol. The summed E-state index contributed by atoms with van der Waals surface area (Å²) in [6.45, 7) is 0. The average molecular weight is 202 g/mol. The molecule has 1 rings (SSSR count). The van der Waals surface area contributed by atoms with Crippen LogP contribution < -0.4 is 5.73 Å². The predicted octanol–water partition coefficient (Wildman–Crippen LogP) is 0.314. The third-order valence-corrected chi connectivity index (χ3v) is 1.63. The van der Waals surface area contributed by atoms with Crippen molar-refractivity contribution in [2.24, 2.45) is 5.73 Å². The maximum absolute atomic E-state index is 12.6. The summed E-state index contributed by atoms with van der Waals surface area (Å²) < 4.78 is 25.0. The van der Waals surface area contributed by atoms with E-state index in [-0.39, 0.29) is 12.0 Å². The number of aromatic nitrogens is 1. The molecule has 0 spiro atoms. The summed E-state index contributed by atoms with van der Waals surface area (Å²) in [6.07, 6.45) is 0.973. The summed E-state index contributed by atoms with van der Waals surface area (Å²) in [4.78, 5) is 13.4. The first-order valence-electron chi connectivity index (χ1n) is 3.79. The van der Waals surface area contributed by atoms with E-state index in [0.717, 1.165) is 12.3 Å². The number of hydrogen-bond donors (Lipinski definition) is 2. The molecule has 0 aliphatic rings. The van der Waals surface area contributed by atoms with Crippen molar-refractivity contribution in [2.45, 2.75) is 12.5 Å². The summed E-state index contributed by atoms with van der Waals surface area (Å²) in [5.41, 5.74) is 5.44. The number of nitrogens with zero attached hydrogens (tertiary/aromatic N) is 1. The third kappa shape index (κ3) is 2.46. The maximum Gasteiger partial charge on any atom is 0.320 e. The molecule has 0 aliphatic heterocycles. The summed E-state index contributed by atoms with van der Waals surface area (Å²) >= 11 is 0. The van der Waals surface area contributed by atoms with Gasteiger partial charge in [0.05, 0.1) is 0 Å². The molecule has 0 unspecified atom stereocenters. The van der Waals surface area contributed by atoms with Crippen molar-refractivity contribution < 1.29 is 18.7 Å². The molecule has 0 aliphatic carbocycles. The number of hydrogen-bond acceptors (Lipinski definition) is 3. The zero-order valence-corrected chi connectivity index (χ0v) is 7.08. The molecular formula is C8H8F2N2O2. The molecule has 1 aromatic heterocycles. The number of pyridine rings is 1. The largest absolute Gasteiger partial charge is 0.480 e. The average Bonchev–Trinajstić information content (AvgIpc) is 2.11. The Morgan fingerprint density at radius 1 is 1.64 bits per heavy atom. The van der Waals surface area contributed by atoms with E-state index in [1.165, 1.54) is 0 Å². The summed E-state index contributed by atoms with van der Waals surface area (Å²) in [5, 5.41) is 8.45. The molecule has 0 bridgehead atoms. The Bertz CT molecular complexity index is 357. The second kappa shape index (κ2) is 4.10. The van der Waals surface area contributed by atoms with E-state index >= 15 is 0 Å². The van der Waals surface area contributed by atoms with Gasteiger partial charge in [0.2, 0.25) is 5.95 Å². The minimum atomic E-state index is -1.21. The lowest BCUT2D eigenvalue weighted by atomic mass is 10.1. The highest BCUT2D eigenvalue weighted by Crippen LogP contribution is 2.07. The monoisotopic (exact) mass is 202 g/mol. The summed E-state index contributed by atoms with van der Waals surface area (Å²) in [5.74, 6) is -3.52. The van der Waals surface area contributed by atoms with Gasteiger partial charge in [-0.1, -0.05) is 0 Å². The molecule has 0 aromatic carbocycles. The van der Waals surface area contributed by atoms with Gasteiger partial charge in [-0.3, -0.25) is 4.79 Å². The third-order valence-electron chi connectivity index (χ3n) is 1.63. The van der Waals surface area contributed by atoms with Crippen LogP contribution in [0.1, 0.15) is 5.56 Å². The summed E-state index contributed by atoms with van der Waals surface area (Å²) in [6, 6.07) is -0.257. The first-order chi connectivity index (χ1) is 6.50. The highest BCUT2D eigenvalue weighted by Gasteiger charge is 2.13. The number of carboxylic acids is 1. The Morgan fingerprint density at radius 2 is 2.29 bits per heavy atom. The van der Waals surface area contributed by atoms with E-state index in [9.17, 15) is 13.6 Å². The van der Waals surface area contributed by atoms with Crippen LogP contribution in [-0.2, 0) is 11.2 Å². The Morgan fingerprint density at radius 3 is 2.79 bits per heavy atom. The summed E-state index contributed by atoms with van der Waals surface area (Å²) in [7, 11) is 0. The first-order valence-corrected chi connectivity index (χ1v) is 3.79. The zero-order chi connectivity index (χ0) is 10.7. The Labute approximate surface area is 78.4 Å². The van der Waals surface area contributed by atoms with Crippen LogP contribution in [0, 0.1) is 11.8 Å². The molecule has 1 heterocycles. The van der Waals surface area contributed by atoms with Crippen molar-refractivity contribution in [2.75, 3.05) is 0 Å². The maximum atomic E-state index is 12.6. The van der Waals surface area contributed by atoms with E-state index in [1.807, 2.05) is 0 Å². The smallest absolute Gasteiger partial charge is 0.320 e. The van der Waals surface area contributed by atoms with Gasteiger partial charge in [-0.15, -0.1) is 0 Å². The molecule has 1 atom stereocenters. The highest BCUT2D eigenvalue weighted by molar-refractivity contribution is 5.73. The zero-order valence-electron chi connectivity index (χ0n) is 7.08. The fraction of sp³-hybridized carbons (Fsp3) is 0.250. The fourth-order valence-electron chi connectivity index (χ4n) is 0.914. The van der Waals surface area contributed by atoms with Gasteiger partial charge in [-0.25, -0.2) is 9.37 Å². The topological polar surface area (TPSA) is 76.2 Å². The van der Waals surface area contributed by atoms with Crippen molar-refractivity contribution in [3.63, 3.8) is 0 Å².